The van der Waals surface area contributed by atoms with Gasteiger partial charge in [-0.15, -0.1) is 0 Å². The van der Waals surface area contributed by atoms with E-state index < -0.39 is 9.84 Å². The predicted molar refractivity (Wildman–Crippen MR) is 141 cm³/mol. The van der Waals surface area contributed by atoms with E-state index in [1.165, 1.54) is 25.7 Å². The first-order valence-electron chi connectivity index (χ1n) is 12.7. The highest BCUT2D eigenvalue weighted by atomic mass is 32.2. The maximum absolute atomic E-state index is 12.9. The van der Waals surface area contributed by atoms with E-state index in [4.69, 9.17) is 4.42 Å². The summed E-state index contributed by atoms with van der Waals surface area (Å²) in [4.78, 5) is 19.7. The molecule has 0 radical (unpaired) electrons. The smallest absolute Gasteiger partial charge is 0.251 e. The summed E-state index contributed by atoms with van der Waals surface area (Å²) in [5.74, 6) is 0.466. The zero-order valence-corrected chi connectivity index (χ0v) is 21.9. The largest absolute Gasteiger partial charge is 0.441 e. The van der Waals surface area contributed by atoms with Crippen LogP contribution in [0.25, 0.3) is 11.5 Å². The molecule has 8 heteroatoms. The standard InChI is InChI=1S/C28H35N3O4S/c1-3-22-8-14-25(15-9-22)36(33,34)20-26-21(2)35-28(30-26)24-12-10-23(11-13-24)27(32)29-16-19-31-17-6-4-5-7-18-31/h8-15H,3-7,16-20H2,1-2H3,(H,29,32). The van der Waals surface area contributed by atoms with Crippen LogP contribution in [0, 0.1) is 6.92 Å². The monoisotopic (exact) mass is 509 g/mol. The molecule has 1 aromatic heterocycles. The number of amides is 1. The Morgan fingerprint density at radius 3 is 2.31 bits per heavy atom. The van der Waals surface area contributed by atoms with Gasteiger partial charge in [-0.3, -0.25) is 4.79 Å². The molecule has 2 heterocycles. The Morgan fingerprint density at radius 2 is 1.67 bits per heavy atom. The number of hydrogen-bond donors (Lipinski definition) is 1. The van der Waals surface area contributed by atoms with Gasteiger partial charge >= 0.3 is 0 Å². The summed E-state index contributed by atoms with van der Waals surface area (Å²) in [6.45, 7) is 7.45. The number of oxazole rings is 1. The molecular weight excluding hydrogens is 474 g/mol. The molecule has 1 aliphatic heterocycles. The van der Waals surface area contributed by atoms with Crippen LogP contribution in [0.15, 0.2) is 57.8 Å². The first-order valence-corrected chi connectivity index (χ1v) is 14.4. The second kappa shape index (κ2) is 11.8. The van der Waals surface area contributed by atoms with Crippen molar-refractivity contribution in [2.24, 2.45) is 0 Å². The zero-order chi connectivity index (χ0) is 25.5. The Labute approximate surface area is 213 Å². The number of aryl methyl sites for hydroxylation is 2. The van der Waals surface area contributed by atoms with E-state index >= 15 is 0 Å². The van der Waals surface area contributed by atoms with Crippen molar-refractivity contribution >= 4 is 15.7 Å². The van der Waals surface area contributed by atoms with Gasteiger partial charge in [-0.25, -0.2) is 13.4 Å². The number of rotatable bonds is 9. The summed E-state index contributed by atoms with van der Waals surface area (Å²) in [6, 6.07) is 14.0. The molecule has 1 aliphatic rings. The van der Waals surface area contributed by atoms with Gasteiger partial charge in [-0.2, -0.15) is 0 Å². The second-order valence-electron chi connectivity index (χ2n) is 9.37. The summed E-state index contributed by atoms with van der Waals surface area (Å²) >= 11 is 0. The SMILES string of the molecule is CCc1ccc(S(=O)(=O)Cc2nc(-c3ccc(C(=O)NCCN4CCCCCC4)cc3)oc2C)cc1. The van der Waals surface area contributed by atoms with E-state index in [0.29, 0.717) is 35.0 Å². The fourth-order valence-corrected chi connectivity index (χ4v) is 5.78. The fraction of sp³-hybridized carbons (Fsp3) is 0.429. The van der Waals surface area contributed by atoms with Crippen molar-refractivity contribution in [3.63, 3.8) is 0 Å². The van der Waals surface area contributed by atoms with Crippen LogP contribution in [0.2, 0.25) is 0 Å². The molecule has 2 aromatic carbocycles. The molecule has 0 bridgehead atoms. The summed E-state index contributed by atoms with van der Waals surface area (Å²) in [6.07, 6.45) is 5.91. The van der Waals surface area contributed by atoms with Gasteiger partial charge in [-0.1, -0.05) is 31.9 Å². The molecule has 1 fully saturated rings. The van der Waals surface area contributed by atoms with Crippen LogP contribution >= 0.6 is 0 Å². The van der Waals surface area contributed by atoms with Gasteiger partial charge in [-0.05, 0) is 81.2 Å². The van der Waals surface area contributed by atoms with Gasteiger partial charge < -0.3 is 14.6 Å². The molecule has 36 heavy (non-hydrogen) atoms. The van der Waals surface area contributed by atoms with Crippen molar-refractivity contribution in [2.45, 2.75) is 56.6 Å². The molecule has 0 unspecified atom stereocenters. The fourth-order valence-electron chi connectivity index (χ4n) is 4.43. The molecule has 1 N–H and O–H groups in total. The van der Waals surface area contributed by atoms with Crippen LogP contribution in [0.1, 0.15) is 60.0 Å². The molecule has 7 nitrogen and oxygen atoms in total. The minimum Gasteiger partial charge on any atom is -0.441 e. The topological polar surface area (TPSA) is 92.5 Å². The van der Waals surface area contributed by atoms with Crippen molar-refractivity contribution in [1.82, 2.24) is 15.2 Å². The highest BCUT2D eigenvalue weighted by Gasteiger charge is 2.21. The Kier molecular flexibility index (Phi) is 8.59. The number of carbonyl (C=O) groups excluding carboxylic acids is 1. The third-order valence-corrected chi connectivity index (χ3v) is 8.36. The second-order valence-corrected chi connectivity index (χ2v) is 11.4. The van der Waals surface area contributed by atoms with Gasteiger partial charge in [0.05, 0.1) is 10.6 Å². The molecule has 0 saturated carbocycles. The number of aromatic nitrogens is 1. The first kappa shape index (κ1) is 26.1. The van der Waals surface area contributed by atoms with Crippen LogP contribution < -0.4 is 5.32 Å². The van der Waals surface area contributed by atoms with Crippen molar-refractivity contribution in [3.05, 3.63) is 71.1 Å². The number of sulfone groups is 1. The minimum absolute atomic E-state index is 0.110. The summed E-state index contributed by atoms with van der Waals surface area (Å²) in [5.41, 5.74) is 2.73. The summed E-state index contributed by atoms with van der Waals surface area (Å²) in [7, 11) is -3.55. The van der Waals surface area contributed by atoms with Gasteiger partial charge in [0.15, 0.2) is 9.84 Å². The molecule has 3 aromatic rings. The molecule has 4 rings (SSSR count). The van der Waals surface area contributed by atoms with Crippen LogP contribution in [0.5, 0.6) is 0 Å². The van der Waals surface area contributed by atoms with Crippen LogP contribution in [0.3, 0.4) is 0 Å². The average Bonchev–Trinajstić information content (AvgIpc) is 3.07. The molecule has 0 spiro atoms. The molecule has 1 saturated heterocycles. The van der Waals surface area contributed by atoms with E-state index in [2.05, 4.69) is 15.2 Å². The van der Waals surface area contributed by atoms with Gasteiger partial charge in [0.1, 0.15) is 11.5 Å². The van der Waals surface area contributed by atoms with Gasteiger partial charge in [0, 0.05) is 24.2 Å². The first-order chi connectivity index (χ1) is 17.4. The van der Waals surface area contributed by atoms with Crippen molar-refractivity contribution in [1.29, 1.82) is 0 Å². The maximum atomic E-state index is 12.9. The lowest BCUT2D eigenvalue weighted by atomic mass is 10.1. The van der Waals surface area contributed by atoms with Gasteiger partial charge in [0.2, 0.25) is 5.89 Å². The number of hydrogen-bond acceptors (Lipinski definition) is 6. The average molecular weight is 510 g/mol. The number of benzene rings is 2. The summed E-state index contributed by atoms with van der Waals surface area (Å²) in [5, 5.41) is 3.00. The van der Waals surface area contributed by atoms with Crippen molar-refractivity contribution in [2.75, 3.05) is 26.2 Å². The maximum Gasteiger partial charge on any atom is 0.251 e. The van der Waals surface area contributed by atoms with E-state index in [-0.39, 0.29) is 16.6 Å². The number of nitrogens with one attached hydrogen (secondary N) is 1. The molecular formula is C28H35N3O4S. The van der Waals surface area contributed by atoms with E-state index in [1.54, 1.807) is 43.3 Å². The van der Waals surface area contributed by atoms with Crippen LogP contribution in [0.4, 0.5) is 0 Å². The third kappa shape index (κ3) is 6.62. The predicted octanol–water partition coefficient (Wildman–Crippen LogP) is 4.79. The Hall–Kier alpha value is -2.97. The lowest BCUT2D eigenvalue weighted by molar-refractivity contribution is 0.0948. The third-order valence-electron chi connectivity index (χ3n) is 6.72. The minimum atomic E-state index is -3.55. The number of carbonyl (C=O) groups is 1. The highest BCUT2D eigenvalue weighted by Crippen LogP contribution is 2.25. The lowest BCUT2D eigenvalue weighted by Gasteiger charge is -2.19. The quantitative estimate of drug-likeness (QED) is 0.446. The van der Waals surface area contributed by atoms with Crippen molar-refractivity contribution in [3.8, 4) is 11.5 Å². The number of nitrogens with zero attached hydrogens (tertiary/aromatic N) is 2. The van der Waals surface area contributed by atoms with E-state index in [0.717, 1.165) is 31.6 Å². The molecule has 1 amide bonds. The Morgan fingerprint density at radius 1 is 1.00 bits per heavy atom. The van der Waals surface area contributed by atoms with Crippen LogP contribution in [-0.4, -0.2) is 50.4 Å². The molecule has 192 valence electrons. The van der Waals surface area contributed by atoms with Crippen LogP contribution in [-0.2, 0) is 22.0 Å². The normalized spacial score (nSPS) is 14.9. The molecule has 0 aliphatic carbocycles. The zero-order valence-electron chi connectivity index (χ0n) is 21.1. The number of likely N-dealkylation sites (tertiary alicyclic amines) is 1. The van der Waals surface area contributed by atoms with Crippen molar-refractivity contribution < 1.29 is 17.6 Å². The Bertz CT molecular complexity index is 1260. The van der Waals surface area contributed by atoms with E-state index in [9.17, 15) is 13.2 Å². The summed E-state index contributed by atoms with van der Waals surface area (Å²) < 4.78 is 31.6. The highest BCUT2D eigenvalue weighted by molar-refractivity contribution is 7.90. The van der Waals surface area contributed by atoms with Gasteiger partial charge in [0.25, 0.3) is 5.91 Å². The lowest BCUT2D eigenvalue weighted by Crippen LogP contribution is -2.35. The Balaban J connectivity index is 1.37. The van der Waals surface area contributed by atoms with E-state index in [1.807, 2.05) is 19.1 Å². The molecule has 0 atom stereocenters.